The van der Waals surface area contributed by atoms with Crippen molar-refractivity contribution in [3.05, 3.63) is 54.3 Å². The van der Waals surface area contributed by atoms with Crippen molar-refractivity contribution in [2.45, 2.75) is 6.42 Å². The fourth-order valence-corrected chi connectivity index (χ4v) is 3.47. The first-order valence-electron chi connectivity index (χ1n) is 9.92. The summed E-state index contributed by atoms with van der Waals surface area (Å²) in [5, 5.41) is 0. The van der Waals surface area contributed by atoms with Gasteiger partial charge in [0.1, 0.15) is 11.6 Å². The van der Waals surface area contributed by atoms with Gasteiger partial charge in [0.2, 0.25) is 11.8 Å². The molecule has 0 saturated carbocycles. The summed E-state index contributed by atoms with van der Waals surface area (Å²) in [4.78, 5) is 29.9. The van der Waals surface area contributed by atoms with E-state index < -0.39 is 5.91 Å². The van der Waals surface area contributed by atoms with Gasteiger partial charge >= 0.3 is 0 Å². The molecule has 0 unspecified atom stereocenters. The number of carbonyl (C=O) groups is 2. The topological polar surface area (TPSA) is 79.1 Å². The Balaban J connectivity index is 1.59. The second-order valence-corrected chi connectivity index (χ2v) is 7.18. The van der Waals surface area contributed by atoms with Gasteiger partial charge in [-0.2, -0.15) is 0 Å². The molecule has 1 aliphatic heterocycles. The zero-order chi connectivity index (χ0) is 21.5. The SMILES string of the molecule is COc1ccc(N2CCN(C(=O)CN(CCC(N)=O)c3ccc(F)cc3)CC2)cc1. The lowest BCUT2D eigenvalue weighted by molar-refractivity contribution is -0.130. The number of halogens is 1. The molecule has 1 saturated heterocycles. The van der Waals surface area contributed by atoms with Gasteiger partial charge in [0.15, 0.2) is 0 Å². The molecule has 30 heavy (non-hydrogen) atoms. The first kappa shape index (κ1) is 21.4. The molecule has 0 atom stereocenters. The van der Waals surface area contributed by atoms with E-state index in [0.717, 1.165) is 24.5 Å². The fourth-order valence-electron chi connectivity index (χ4n) is 3.47. The zero-order valence-electron chi connectivity index (χ0n) is 17.1. The minimum atomic E-state index is -0.442. The van der Waals surface area contributed by atoms with Crippen LogP contribution in [0.4, 0.5) is 15.8 Å². The van der Waals surface area contributed by atoms with Gasteiger partial charge in [-0.1, -0.05) is 0 Å². The molecule has 1 fully saturated rings. The Morgan fingerprint density at radius 3 is 2.23 bits per heavy atom. The summed E-state index contributed by atoms with van der Waals surface area (Å²) in [5.74, 6) is -0.0140. The Labute approximate surface area is 175 Å². The minimum Gasteiger partial charge on any atom is -0.497 e. The third-order valence-electron chi connectivity index (χ3n) is 5.22. The van der Waals surface area contributed by atoms with Gasteiger partial charge in [-0.25, -0.2) is 4.39 Å². The van der Waals surface area contributed by atoms with E-state index in [4.69, 9.17) is 10.5 Å². The number of nitrogens with two attached hydrogens (primary N) is 1. The molecule has 1 heterocycles. The number of ether oxygens (including phenoxy) is 1. The predicted molar refractivity (Wildman–Crippen MR) is 114 cm³/mol. The van der Waals surface area contributed by atoms with Crippen LogP contribution in [-0.2, 0) is 9.59 Å². The molecule has 3 rings (SSSR count). The average Bonchev–Trinajstić information content (AvgIpc) is 2.77. The zero-order valence-corrected chi connectivity index (χ0v) is 17.1. The van der Waals surface area contributed by atoms with E-state index in [1.807, 2.05) is 29.2 Å². The highest BCUT2D eigenvalue weighted by atomic mass is 19.1. The van der Waals surface area contributed by atoms with Crippen molar-refractivity contribution in [2.24, 2.45) is 5.73 Å². The maximum Gasteiger partial charge on any atom is 0.242 e. The second kappa shape index (κ2) is 9.96. The van der Waals surface area contributed by atoms with Crippen molar-refractivity contribution in [3.8, 4) is 5.75 Å². The van der Waals surface area contributed by atoms with E-state index in [1.54, 1.807) is 24.1 Å². The summed E-state index contributed by atoms with van der Waals surface area (Å²) < 4.78 is 18.5. The molecule has 2 amide bonds. The van der Waals surface area contributed by atoms with Crippen LogP contribution in [0.25, 0.3) is 0 Å². The van der Waals surface area contributed by atoms with Crippen LogP contribution in [0.15, 0.2) is 48.5 Å². The molecule has 0 bridgehead atoms. The Morgan fingerprint density at radius 1 is 1.03 bits per heavy atom. The van der Waals surface area contributed by atoms with Crippen LogP contribution < -0.4 is 20.3 Å². The average molecular weight is 414 g/mol. The first-order valence-corrected chi connectivity index (χ1v) is 9.92. The quantitative estimate of drug-likeness (QED) is 0.713. The van der Waals surface area contributed by atoms with Gasteiger partial charge in [0, 0.05) is 50.5 Å². The van der Waals surface area contributed by atoms with Crippen molar-refractivity contribution >= 4 is 23.2 Å². The van der Waals surface area contributed by atoms with Crippen LogP contribution in [0, 0.1) is 5.82 Å². The minimum absolute atomic E-state index is 0.0295. The van der Waals surface area contributed by atoms with Crippen LogP contribution in [0.5, 0.6) is 5.75 Å². The van der Waals surface area contributed by atoms with Gasteiger partial charge in [-0.15, -0.1) is 0 Å². The Kier molecular flexibility index (Phi) is 7.11. The van der Waals surface area contributed by atoms with E-state index in [-0.39, 0.29) is 24.7 Å². The van der Waals surface area contributed by atoms with Crippen molar-refractivity contribution < 1.29 is 18.7 Å². The van der Waals surface area contributed by atoms with Gasteiger partial charge < -0.3 is 25.2 Å². The van der Waals surface area contributed by atoms with Crippen molar-refractivity contribution in [2.75, 3.05) is 56.2 Å². The number of carbonyl (C=O) groups excluding carboxylic acids is 2. The van der Waals surface area contributed by atoms with Crippen LogP contribution in [0.1, 0.15) is 6.42 Å². The number of hydrogen-bond acceptors (Lipinski definition) is 5. The maximum absolute atomic E-state index is 13.3. The Hall–Kier alpha value is -3.29. The first-order chi connectivity index (χ1) is 14.5. The molecule has 2 N–H and O–H groups in total. The monoisotopic (exact) mass is 414 g/mol. The molecule has 0 radical (unpaired) electrons. The number of rotatable bonds is 8. The van der Waals surface area contributed by atoms with E-state index in [1.165, 1.54) is 12.1 Å². The van der Waals surface area contributed by atoms with Crippen molar-refractivity contribution in [3.63, 3.8) is 0 Å². The fraction of sp³-hybridized carbons (Fsp3) is 0.364. The third-order valence-corrected chi connectivity index (χ3v) is 5.22. The molecule has 0 aliphatic carbocycles. The van der Waals surface area contributed by atoms with E-state index in [0.29, 0.717) is 25.3 Å². The lowest BCUT2D eigenvalue weighted by Crippen LogP contribution is -2.51. The molecule has 7 nitrogen and oxygen atoms in total. The summed E-state index contributed by atoms with van der Waals surface area (Å²) in [5.41, 5.74) is 7.05. The van der Waals surface area contributed by atoms with E-state index in [9.17, 15) is 14.0 Å². The maximum atomic E-state index is 13.3. The highest BCUT2D eigenvalue weighted by molar-refractivity contribution is 5.82. The van der Waals surface area contributed by atoms with Crippen molar-refractivity contribution in [1.29, 1.82) is 0 Å². The summed E-state index contributed by atoms with van der Waals surface area (Å²) in [6.45, 7) is 3.10. The molecule has 160 valence electrons. The number of hydrogen-bond donors (Lipinski definition) is 1. The van der Waals surface area contributed by atoms with Crippen LogP contribution in [-0.4, -0.2) is 63.1 Å². The molecule has 2 aromatic carbocycles. The molecular weight excluding hydrogens is 387 g/mol. The molecule has 1 aliphatic rings. The van der Waals surface area contributed by atoms with Gasteiger partial charge in [-0.05, 0) is 48.5 Å². The molecule has 2 aromatic rings. The van der Waals surface area contributed by atoms with Crippen LogP contribution in [0.3, 0.4) is 0 Å². The number of nitrogens with zero attached hydrogens (tertiary/aromatic N) is 3. The highest BCUT2D eigenvalue weighted by Crippen LogP contribution is 2.21. The van der Waals surface area contributed by atoms with Crippen molar-refractivity contribution in [1.82, 2.24) is 4.90 Å². The van der Waals surface area contributed by atoms with Gasteiger partial charge in [0.05, 0.1) is 13.7 Å². The number of anilines is 2. The summed E-state index contributed by atoms with van der Waals surface area (Å²) in [6.07, 6.45) is 0.121. The molecule has 8 heteroatoms. The highest BCUT2D eigenvalue weighted by Gasteiger charge is 2.23. The number of piperazine rings is 1. The number of methoxy groups -OCH3 is 1. The summed E-state index contributed by atoms with van der Waals surface area (Å²) in [6, 6.07) is 13.7. The second-order valence-electron chi connectivity index (χ2n) is 7.18. The largest absolute Gasteiger partial charge is 0.497 e. The Morgan fingerprint density at radius 2 is 1.67 bits per heavy atom. The van der Waals surface area contributed by atoms with E-state index in [2.05, 4.69) is 4.90 Å². The smallest absolute Gasteiger partial charge is 0.242 e. The third kappa shape index (κ3) is 5.62. The summed E-state index contributed by atoms with van der Waals surface area (Å²) in [7, 11) is 1.64. The lowest BCUT2D eigenvalue weighted by atomic mass is 10.2. The van der Waals surface area contributed by atoms with Gasteiger partial charge in [-0.3, -0.25) is 9.59 Å². The molecule has 0 aromatic heterocycles. The van der Waals surface area contributed by atoms with Gasteiger partial charge in [0.25, 0.3) is 0 Å². The normalized spacial score (nSPS) is 13.8. The standard InChI is InChI=1S/C22H27FN4O3/c1-30-20-8-6-18(7-9-20)25-12-14-26(15-13-25)22(29)16-27(11-10-21(24)28)19-4-2-17(23)3-5-19/h2-9H,10-16H2,1H3,(H2,24,28). The molecule has 0 spiro atoms. The molecular formula is C22H27FN4O3. The predicted octanol–water partition coefficient (Wildman–Crippen LogP) is 1.86. The number of primary amides is 1. The Bertz CT molecular complexity index is 850. The van der Waals surface area contributed by atoms with E-state index >= 15 is 0 Å². The van der Waals surface area contributed by atoms with Crippen LogP contribution >= 0.6 is 0 Å². The lowest BCUT2D eigenvalue weighted by Gasteiger charge is -2.37. The number of benzene rings is 2. The summed E-state index contributed by atoms with van der Waals surface area (Å²) >= 11 is 0. The number of amides is 2. The van der Waals surface area contributed by atoms with Crippen LogP contribution in [0.2, 0.25) is 0 Å².